The van der Waals surface area contributed by atoms with Gasteiger partial charge >= 0.3 is 0 Å². The predicted molar refractivity (Wildman–Crippen MR) is 146 cm³/mol. The highest BCUT2D eigenvalue weighted by Gasteiger charge is 2.23. The average molecular weight is 479 g/mol. The minimum atomic E-state index is -0.790. The van der Waals surface area contributed by atoms with Gasteiger partial charge in [-0.25, -0.2) is 5.84 Å². The highest BCUT2D eigenvalue weighted by atomic mass is 16.3. The van der Waals surface area contributed by atoms with Crippen LogP contribution in [-0.4, -0.2) is 27.9 Å². The van der Waals surface area contributed by atoms with E-state index < -0.39 is 6.23 Å². The summed E-state index contributed by atoms with van der Waals surface area (Å²) < 4.78 is 0. The van der Waals surface area contributed by atoms with Crippen LogP contribution in [0.1, 0.15) is 41.3 Å². The summed E-state index contributed by atoms with van der Waals surface area (Å²) in [6.45, 7) is 2.40. The molecule has 0 saturated carbocycles. The van der Waals surface area contributed by atoms with E-state index in [0.29, 0.717) is 0 Å². The van der Waals surface area contributed by atoms with Gasteiger partial charge in [0.1, 0.15) is 6.23 Å². The average Bonchev–Trinajstić information content (AvgIpc) is 2.88. The molecule has 2 unspecified atom stereocenters. The number of nitrogens with two attached hydrogens (primary N) is 1. The van der Waals surface area contributed by atoms with E-state index in [9.17, 15) is 5.11 Å². The van der Waals surface area contributed by atoms with Gasteiger partial charge in [0.15, 0.2) is 5.70 Å². The zero-order valence-electron chi connectivity index (χ0n) is 20.5. The molecule has 0 radical (unpaired) electrons. The Morgan fingerprint density at radius 3 is 2.67 bits per heavy atom. The highest BCUT2D eigenvalue weighted by Crippen LogP contribution is 2.38. The summed E-state index contributed by atoms with van der Waals surface area (Å²) in [5.74, 6) is 6.32. The van der Waals surface area contributed by atoms with Crippen molar-refractivity contribution >= 4 is 38.0 Å². The Morgan fingerprint density at radius 2 is 1.83 bits per heavy atom. The zero-order chi connectivity index (χ0) is 24.8. The van der Waals surface area contributed by atoms with E-state index in [-0.39, 0.29) is 12.6 Å². The van der Waals surface area contributed by atoms with E-state index in [2.05, 4.69) is 77.6 Å². The van der Waals surface area contributed by atoms with E-state index in [1.807, 2.05) is 18.5 Å². The third-order valence-electron chi connectivity index (χ3n) is 7.52. The molecule has 6 rings (SSSR count). The number of fused-ring (bicyclic) bond motifs is 1. The summed E-state index contributed by atoms with van der Waals surface area (Å²) in [7, 11) is 0. The van der Waals surface area contributed by atoms with Crippen molar-refractivity contribution in [3.05, 3.63) is 95.4 Å². The fraction of sp³-hybridized carbons (Fsp3) is 0.233. The van der Waals surface area contributed by atoms with Crippen molar-refractivity contribution in [3.63, 3.8) is 0 Å². The lowest BCUT2D eigenvalue weighted by atomic mass is 9.90. The van der Waals surface area contributed by atoms with Crippen LogP contribution >= 0.6 is 0 Å². The van der Waals surface area contributed by atoms with Gasteiger partial charge in [0.25, 0.3) is 0 Å². The fourth-order valence-electron chi connectivity index (χ4n) is 5.81. The van der Waals surface area contributed by atoms with Crippen LogP contribution in [0.3, 0.4) is 0 Å². The van der Waals surface area contributed by atoms with Crippen LogP contribution in [0.5, 0.6) is 0 Å². The molecule has 182 valence electrons. The van der Waals surface area contributed by atoms with Crippen molar-refractivity contribution in [3.8, 4) is 0 Å². The first-order valence-electron chi connectivity index (χ1n) is 12.6. The number of hydrogen-bond acceptors (Lipinski definition) is 5. The maximum atomic E-state index is 10.8. The second-order valence-corrected chi connectivity index (χ2v) is 9.94. The zero-order valence-corrected chi connectivity index (χ0v) is 20.5. The quantitative estimate of drug-likeness (QED) is 0.128. The van der Waals surface area contributed by atoms with E-state index in [4.69, 9.17) is 5.84 Å². The van der Waals surface area contributed by atoms with Gasteiger partial charge in [0.2, 0.25) is 0 Å². The van der Waals surface area contributed by atoms with Crippen LogP contribution in [0.25, 0.3) is 38.0 Å². The molecule has 1 aliphatic carbocycles. The Balaban J connectivity index is 1.26. The number of pyridine rings is 1. The summed E-state index contributed by atoms with van der Waals surface area (Å²) in [5, 5.41) is 23.0. The van der Waals surface area contributed by atoms with Gasteiger partial charge < -0.3 is 15.8 Å². The number of aliphatic hydroxyl groups excluding tert-OH is 1. The third-order valence-corrected chi connectivity index (χ3v) is 7.52. The smallest absolute Gasteiger partial charge is 0.153 e. The monoisotopic (exact) mass is 478 g/mol. The Bertz CT molecular complexity index is 1590. The molecule has 0 fully saturated rings. The van der Waals surface area contributed by atoms with Gasteiger partial charge in [-0.05, 0) is 81.8 Å². The third kappa shape index (κ3) is 3.98. The van der Waals surface area contributed by atoms with Crippen LogP contribution in [-0.2, 0) is 6.42 Å². The summed E-state index contributed by atoms with van der Waals surface area (Å²) in [6, 6.07) is 21.5. The van der Waals surface area contributed by atoms with Crippen LogP contribution in [0.2, 0.25) is 0 Å². The molecule has 5 aromatic rings. The molecular weight excluding hydrogens is 446 g/mol. The molecule has 4 aromatic carbocycles. The van der Waals surface area contributed by atoms with Crippen molar-refractivity contribution in [1.29, 1.82) is 0 Å². The number of aryl methyl sites for hydroxylation is 2. The molecule has 0 saturated heterocycles. The Labute approximate surface area is 210 Å². The molecule has 1 heterocycles. The lowest BCUT2D eigenvalue weighted by Gasteiger charge is -2.28. The van der Waals surface area contributed by atoms with Gasteiger partial charge in [-0.3, -0.25) is 10.3 Å². The van der Waals surface area contributed by atoms with Crippen molar-refractivity contribution in [2.45, 2.75) is 38.5 Å². The second kappa shape index (κ2) is 9.15. The number of quaternary nitrogens is 1. The lowest BCUT2D eigenvalue weighted by Crippen LogP contribution is -2.49. The van der Waals surface area contributed by atoms with Crippen LogP contribution in [0.4, 0.5) is 0 Å². The van der Waals surface area contributed by atoms with Gasteiger partial charge in [-0.1, -0.05) is 48.5 Å². The molecule has 2 atom stereocenters. The molecular formula is C30H32N5O+. The Morgan fingerprint density at radius 1 is 1.11 bits per heavy atom. The first-order chi connectivity index (χ1) is 17.5. The molecule has 7 N–H and O–H groups in total. The normalized spacial score (nSPS) is 17.1. The minimum absolute atomic E-state index is 0.0302. The SMILES string of the molecule is Cc1ccc2ccc3ccc(C([NH3+])=CN(N)CC(O)NC4CCCc5cccnc54)c4ccc1c2c34. The molecule has 0 amide bonds. The van der Waals surface area contributed by atoms with Gasteiger partial charge in [0.05, 0.1) is 24.5 Å². The molecule has 0 aliphatic heterocycles. The number of aromatic nitrogens is 1. The number of aliphatic hydroxyl groups is 1. The van der Waals surface area contributed by atoms with Gasteiger partial charge in [-0.15, -0.1) is 0 Å². The van der Waals surface area contributed by atoms with Gasteiger partial charge in [0, 0.05) is 11.8 Å². The predicted octanol–water partition coefficient (Wildman–Crippen LogP) is 3.99. The van der Waals surface area contributed by atoms with Crippen LogP contribution < -0.4 is 16.9 Å². The van der Waals surface area contributed by atoms with Crippen LogP contribution in [0, 0.1) is 6.92 Å². The molecule has 0 bridgehead atoms. The number of hydrazine groups is 1. The number of nitrogens with one attached hydrogen (secondary N) is 1. The topological polar surface area (TPSA) is 102 Å². The minimum Gasteiger partial charge on any atom is -0.377 e. The first-order valence-corrected chi connectivity index (χ1v) is 12.6. The van der Waals surface area contributed by atoms with Crippen molar-refractivity contribution in [1.82, 2.24) is 15.3 Å². The van der Waals surface area contributed by atoms with E-state index in [0.717, 1.165) is 41.6 Å². The van der Waals surface area contributed by atoms with E-state index in [1.165, 1.54) is 43.1 Å². The summed E-state index contributed by atoms with van der Waals surface area (Å²) in [6.07, 6.45) is 5.90. The molecule has 6 heteroatoms. The van der Waals surface area contributed by atoms with E-state index in [1.54, 1.807) is 0 Å². The molecule has 0 spiro atoms. The first kappa shape index (κ1) is 22.9. The summed E-state index contributed by atoms with van der Waals surface area (Å²) in [4.78, 5) is 4.55. The molecule has 6 nitrogen and oxygen atoms in total. The van der Waals surface area contributed by atoms with E-state index >= 15 is 0 Å². The number of hydrogen-bond donors (Lipinski definition) is 4. The molecule has 1 aromatic heterocycles. The fourth-order valence-corrected chi connectivity index (χ4v) is 5.81. The maximum absolute atomic E-state index is 10.8. The van der Waals surface area contributed by atoms with Crippen LogP contribution in [0.15, 0.2) is 73.1 Å². The maximum Gasteiger partial charge on any atom is 0.153 e. The molecule has 1 aliphatic rings. The number of benzene rings is 4. The Kier molecular flexibility index (Phi) is 5.82. The summed E-state index contributed by atoms with van der Waals surface area (Å²) in [5.41, 5.74) is 9.74. The standard InChI is InChI=1S/C30H31N5O/c1-18-7-8-19-9-10-20-11-12-23(24-14-13-22(18)28(19)29(20)24)25(31)16-35(32)17-27(36)34-26-6-2-4-21-5-3-15-33-30(21)26/h3,5,7-16,26-27,34,36H,2,4,6,17,31-32H2,1H3/p+1. The number of rotatable bonds is 6. The molecule has 36 heavy (non-hydrogen) atoms. The number of nitrogens with zero attached hydrogens (tertiary/aromatic N) is 2. The van der Waals surface area contributed by atoms with Crippen molar-refractivity contribution in [2.75, 3.05) is 6.54 Å². The van der Waals surface area contributed by atoms with Gasteiger partial charge in [-0.2, -0.15) is 0 Å². The Hall–Kier alpha value is -3.55. The largest absolute Gasteiger partial charge is 0.377 e. The lowest BCUT2D eigenvalue weighted by molar-refractivity contribution is -0.244. The second-order valence-electron chi connectivity index (χ2n) is 9.94. The van der Waals surface area contributed by atoms with Crippen molar-refractivity contribution < 1.29 is 10.8 Å². The highest BCUT2D eigenvalue weighted by molar-refractivity contribution is 6.24. The summed E-state index contributed by atoms with van der Waals surface area (Å²) >= 11 is 0. The van der Waals surface area contributed by atoms with Crippen molar-refractivity contribution in [2.24, 2.45) is 5.84 Å².